The van der Waals surface area contributed by atoms with Crippen LogP contribution in [0.25, 0.3) is 55.0 Å². The van der Waals surface area contributed by atoms with Crippen LogP contribution in [0.4, 0.5) is 0 Å². The largest absolute Gasteiger partial charge is 0.338 e. The second kappa shape index (κ2) is 6.60. The monoisotopic (exact) mass is 408 g/mol. The highest BCUT2D eigenvalue weighted by Gasteiger charge is 2.16. The first-order chi connectivity index (χ1) is 14.8. The van der Waals surface area contributed by atoms with Gasteiger partial charge in [-0.15, -0.1) is 11.3 Å². The normalized spacial score (nSPS) is 11.5. The molecule has 0 aliphatic heterocycles. The summed E-state index contributed by atoms with van der Waals surface area (Å²) in [5.41, 5.74) is 7.75. The molecule has 30 heavy (non-hydrogen) atoms. The van der Waals surface area contributed by atoms with Gasteiger partial charge < -0.3 is 4.98 Å². The molecular weight excluding hydrogens is 392 g/mol. The molecule has 0 atom stereocenters. The Morgan fingerprint density at radius 1 is 0.900 bits per heavy atom. The van der Waals surface area contributed by atoms with Crippen molar-refractivity contribution in [1.82, 2.24) is 30.1 Å². The fraction of sp³-hybridized carbons (Fsp3) is 0.0435. The second-order valence-electron chi connectivity index (χ2n) is 7.16. The van der Waals surface area contributed by atoms with Gasteiger partial charge in [-0.2, -0.15) is 5.10 Å². The lowest BCUT2D eigenvalue weighted by atomic mass is 10.0. The van der Waals surface area contributed by atoms with Crippen LogP contribution >= 0.6 is 11.3 Å². The molecule has 0 unspecified atom stereocenters. The van der Waals surface area contributed by atoms with Crippen molar-refractivity contribution in [3.05, 3.63) is 72.1 Å². The van der Waals surface area contributed by atoms with E-state index in [1.807, 2.05) is 24.7 Å². The molecule has 0 amide bonds. The zero-order valence-electron chi connectivity index (χ0n) is 16.0. The van der Waals surface area contributed by atoms with Crippen LogP contribution < -0.4 is 0 Å². The summed E-state index contributed by atoms with van der Waals surface area (Å²) in [7, 11) is 0. The van der Waals surface area contributed by atoms with Crippen LogP contribution in [0.3, 0.4) is 0 Å². The van der Waals surface area contributed by atoms with Gasteiger partial charge in [0.15, 0.2) is 5.65 Å². The maximum absolute atomic E-state index is 4.58. The third-order valence-corrected chi connectivity index (χ3v) is 6.24. The molecule has 6 heterocycles. The van der Waals surface area contributed by atoms with E-state index in [9.17, 15) is 0 Å². The summed E-state index contributed by atoms with van der Waals surface area (Å²) in [6, 6.07) is 12.5. The van der Waals surface area contributed by atoms with Crippen LogP contribution in [0, 0.1) is 6.92 Å². The third-order valence-electron chi connectivity index (χ3n) is 5.34. The fourth-order valence-corrected chi connectivity index (χ4v) is 4.59. The van der Waals surface area contributed by atoms with Crippen molar-refractivity contribution in [2.45, 2.75) is 6.92 Å². The van der Waals surface area contributed by atoms with E-state index in [2.05, 4.69) is 72.8 Å². The highest BCUT2D eigenvalue weighted by atomic mass is 32.1. The van der Waals surface area contributed by atoms with Crippen molar-refractivity contribution < 1.29 is 0 Å². The highest BCUT2D eigenvalue weighted by Crippen LogP contribution is 2.35. The van der Waals surface area contributed by atoms with E-state index in [1.165, 1.54) is 10.4 Å². The van der Waals surface area contributed by atoms with Crippen LogP contribution in [0.5, 0.6) is 0 Å². The van der Waals surface area contributed by atoms with Crippen molar-refractivity contribution >= 4 is 33.4 Å². The minimum atomic E-state index is 0.750. The average molecular weight is 408 g/mol. The minimum absolute atomic E-state index is 0.750. The molecule has 6 rings (SSSR count). The number of hydrogen-bond donors (Lipinski definition) is 2. The lowest BCUT2D eigenvalue weighted by molar-refractivity contribution is 1.10. The Labute approximate surface area is 175 Å². The third kappa shape index (κ3) is 2.63. The number of aromatic nitrogens is 6. The van der Waals surface area contributed by atoms with Gasteiger partial charge in [0.05, 0.1) is 5.69 Å². The molecule has 0 aliphatic carbocycles. The van der Waals surface area contributed by atoms with Gasteiger partial charge in [0.2, 0.25) is 0 Å². The topological polar surface area (TPSA) is 83.1 Å². The summed E-state index contributed by atoms with van der Waals surface area (Å²) < 4.78 is 0. The summed E-state index contributed by atoms with van der Waals surface area (Å²) in [5.74, 6) is 0. The fourth-order valence-electron chi connectivity index (χ4n) is 3.82. The minimum Gasteiger partial charge on any atom is -0.338 e. The van der Waals surface area contributed by atoms with E-state index < -0.39 is 0 Å². The number of aryl methyl sites for hydroxylation is 1. The van der Waals surface area contributed by atoms with Crippen molar-refractivity contribution in [2.24, 2.45) is 0 Å². The first kappa shape index (κ1) is 17.1. The maximum Gasteiger partial charge on any atom is 0.155 e. The number of nitrogens with one attached hydrogen (secondary N) is 2. The first-order valence-electron chi connectivity index (χ1n) is 9.55. The van der Waals surface area contributed by atoms with Crippen molar-refractivity contribution in [1.29, 1.82) is 0 Å². The Balaban J connectivity index is 1.53. The van der Waals surface area contributed by atoms with Crippen LogP contribution in [0.15, 0.2) is 66.6 Å². The quantitative estimate of drug-likeness (QED) is 0.399. The van der Waals surface area contributed by atoms with E-state index in [-0.39, 0.29) is 0 Å². The Morgan fingerprint density at radius 3 is 2.73 bits per heavy atom. The van der Waals surface area contributed by atoms with Crippen molar-refractivity contribution in [3.63, 3.8) is 0 Å². The number of H-pyrrole nitrogens is 2. The molecular formula is C23H16N6S. The molecule has 0 saturated carbocycles. The molecule has 7 heteroatoms. The van der Waals surface area contributed by atoms with E-state index in [4.69, 9.17) is 0 Å². The van der Waals surface area contributed by atoms with Crippen LogP contribution in [0.2, 0.25) is 0 Å². The lowest BCUT2D eigenvalue weighted by Gasteiger charge is -2.04. The zero-order valence-corrected chi connectivity index (χ0v) is 16.9. The molecule has 144 valence electrons. The van der Waals surface area contributed by atoms with Crippen molar-refractivity contribution in [3.8, 4) is 33.0 Å². The molecule has 2 N–H and O–H groups in total. The maximum atomic E-state index is 4.58. The van der Waals surface area contributed by atoms with E-state index >= 15 is 0 Å². The molecule has 0 fully saturated rings. The van der Waals surface area contributed by atoms with Gasteiger partial charge in [-0.1, -0.05) is 6.07 Å². The molecule has 0 bridgehead atoms. The Bertz CT molecular complexity index is 1510. The Kier molecular flexibility index (Phi) is 3.75. The molecule has 6 aromatic heterocycles. The number of aromatic amines is 2. The molecule has 0 aliphatic rings. The smallest absolute Gasteiger partial charge is 0.155 e. The van der Waals surface area contributed by atoms with E-state index in [0.29, 0.717) is 0 Å². The molecule has 0 saturated heterocycles. The number of pyridine rings is 3. The Morgan fingerprint density at radius 2 is 1.87 bits per heavy atom. The summed E-state index contributed by atoms with van der Waals surface area (Å²) in [5, 5.41) is 11.7. The number of rotatable bonds is 3. The number of hydrogen-bond acceptors (Lipinski definition) is 5. The van der Waals surface area contributed by atoms with Crippen LogP contribution in [0.1, 0.15) is 5.56 Å². The number of thiophene rings is 1. The van der Waals surface area contributed by atoms with Gasteiger partial charge in [-0.3, -0.25) is 10.1 Å². The molecule has 0 aromatic carbocycles. The van der Waals surface area contributed by atoms with Gasteiger partial charge >= 0.3 is 0 Å². The predicted molar refractivity (Wildman–Crippen MR) is 120 cm³/mol. The van der Waals surface area contributed by atoms with Crippen molar-refractivity contribution in [2.75, 3.05) is 0 Å². The average Bonchev–Trinajstić information content (AvgIpc) is 3.51. The summed E-state index contributed by atoms with van der Waals surface area (Å²) in [4.78, 5) is 18.0. The highest BCUT2D eigenvalue weighted by molar-refractivity contribution is 7.13. The van der Waals surface area contributed by atoms with Gasteiger partial charge in [0.25, 0.3) is 0 Å². The number of fused-ring (bicyclic) bond motifs is 2. The summed E-state index contributed by atoms with van der Waals surface area (Å²) >= 11 is 1.72. The van der Waals surface area contributed by atoms with Crippen LogP contribution in [-0.2, 0) is 0 Å². The molecule has 6 aromatic rings. The summed E-state index contributed by atoms with van der Waals surface area (Å²) in [6.07, 6.45) is 7.37. The van der Waals surface area contributed by atoms with E-state index in [1.54, 1.807) is 17.5 Å². The van der Waals surface area contributed by atoms with Gasteiger partial charge in [0.1, 0.15) is 11.3 Å². The summed E-state index contributed by atoms with van der Waals surface area (Å²) in [6.45, 7) is 2.08. The SMILES string of the molecule is Cc1ccncc1-c1cnc2[nH]nc(-c3cc4c(-c5cccs5)ccnc4[nH]3)c2c1. The number of nitrogens with zero attached hydrogens (tertiary/aromatic N) is 4. The molecule has 0 spiro atoms. The first-order valence-corrected chi connectivity index (χ1v) is 10.4. The molecule has 6 nitrogen and oxygen atoms in total. The lowest BCUT2D eigenvalue weighted by Crippen LogP contribution is -1.87. The van der Waals surface area contributed by atoms with Gasteiger partial charge in [-0.05, 0) is 48.2 Å². The van der Waals surface area contributed by atoms with Crippen LogP contribution in [-0.4, -0.2) is 30.1 Å². The second-order valence-corrected chi connectivity index (χ2v) is 8.11. The van der Waals surface area contributed by atoms with E-state index in [0.717, 1.165) is 50.1 Å². The molecule has 0 radical (unpaired) electrons. The van der Waals surface area contributed by atoms with Gasteiger partial charge in [-0.25, -0.2) is 9.97 Å². The zero-order chi connectivity index (χ0) is 20.1. The predicted octanol–water partition coefficient (Wildman–Crippen LogP) is 5.60. The van der Waals surface area contributed by atoms with Gasteiger partial charge in [0, 0.05) is 57.1 Å². The Hall–Kier alpha value is -3.84. The standard InChI is InChI=1S/C23H16N6S/c1-13-4-6-24-12-18(13)14-9-17-21(28-29-23(17)26-11-14)19-10-16-15(20-3-2-8-30-20)5-7-25-22(16)27-19/h2-12H,1H3,(H,25,27)(H,26,28,29).